The van der Waals surface area contributed by atoms with Crippen molar-refractivity contribution in [3.05, 3.63) is 206 Å². The molecule has 8 aromatic carbocycles. The van der Waals surface area contributed by atoms with E-state index in [0.717, 1.165) is 59.2 Å². The summed E-state index contributed by atoms with van der Waals surface area (Å²) in [4.78, 5) is 1.48. The number of thiol groups is 2. The monoisotopic (exact) mass is 1210 g/mol. The normalized spacial score (nSPS) is 11.6. The second-order valence-corrected chi connectivity index (χ2v) is 18.2. The fraction of sp³-hybridized carbons (Fsp3) is 0.0357. The van der Waals surface area contributed by atoms with Gasteiger partial charge < -0.3 is 4.74 Å². The number of ether oxygens (including phenoxy) is 1. The molecule has 0 aliphatic heterocycles. The number of aromatic nitrogens is 6. The van der Waals surface area contributed by atoms with E-state index in [0.29, 0.717) is 54.7 Å². The van der Waals surface area contributed by atoms with Crippen molar-refractivity contribution in [2.24, 2.45) is 0 Å². The number of benzene rings is 8. The molecule has 0 amide bonds. The third-order valence-electron chi connectivity index (χ3n) is 11.5. The van der Waals surface area contributed by atoms with Crippen molar-refractivity contribution in [1.82, 2.24) is 30.6 Å². The number of fused-ring (bicyclic) bond motifs is 7. The molecule has 12 rings (SSSR count). The molecular formula is C56H31F6IrN6OS3. The standard InChI is InChI=1S/C28H13F6N2OS.2C14H9N2S.Ir/c29-27(30,31)21-10-9-18(14-22(21)28(32,33)34)37-26-20-12-16-6-2-1-5-15(16)11-19(20)25(35-36-26)24-13-17-7-3-4-8-23(17)38-24;2*1-9(17)14-13-7-11-5-3-2-4-10(11)6-12(13)8-15-16-14;/h1-12,14H;2*1-8,17H;/q3*-1;+3. The van der Waals surface area contributed by atoms with Crippen molar-refractivity contribution in [2.45, 2.75) is 12.4 Å². The Bertz CT molecular complexity index is 3950. The summed E-state index contributed by atoms with van der Waals surface area (Å²) in [7, 11) is 0. The Labute approximate surface area is 440 Å². The van der Waals surface area contributed by atoms with E-state index in [-0.39, 0.29) is 26.0 Å². The summed E-state index contributed by atoms with van der Waals surface area (Å²) in [5, 5.41) is 36.7. The first-order chi connectivity index (χ1) is 34.6. The largest absolute Gasteiger partial charge is 3.00 e. The topological polar surface area (TPSA) is 86.6 Å². The molecule has 4 aromatic heterocycles. The first-order valence-corrected chi connectivity index (χ1v) is 23.3. The SMILES string of the molecule is FC(F)(F)c1ccc(Oc2nnc(-c3[c-]c4ccccc4s3)c3cc4ccccc4cc23)cc1C(F)(F)F.[CH-]=C(S)c1nncc2cc3ccccc3cc12.[CH-]=C(S)c1nncc2cc3ccccc3cc12.[Ir+3]. The van der Waals surface area contributed by atoms with Crippen LogP contribution in [0.2, 0.25) is 0 Å². The molecule has 0 atom stereocenters. The summed E-state index contributed by atoms with van der Waals surface area (Å²) in [5.74, 6) is -0.584. The van der Waals surface area contributed by atoms with E-state index in [1.165, 1.54) is 22.1 Å². The molecule has 0 saturated heterocycles. The van der Waals surface area contributed by atoms with Gasteiger partial charge in [0, 0.05) is 11.1 Å². The molecule has 0 saturated carbocycles. The minimum atomic E-state index is -5.24. The Balaban J connectivity index is 0.000000154. The van der Waals surface area contributed by atoms with Gasteiger partial charge in [-0.3, -0.25) is 13.2 Å². The van der Waals surface area contributed by atoms with Gasteiger partial charge in [0.15, 0.2) is 0 Å². The van der Waals surface area contributed by atoms with Gasteiger partial charge in [0.05, 0.1) is 23.5 Å². The number of nitrogens with zero attached hydrogens (tertiary/aromatic N) is 6. The first kappa shape index (κ1) is 50.7. The van der Waals surface area contributed by atoms with Crippen molar-refractivity contribution >= 4 is 121 Å². The molecule has 360 valence electrons. The van der Waals surface area contributed by atoms with Crippen LogP contribution in [0.4, 0.5) is 26.3 Å². The molecule has 17 heteroatoms. The number of alkyl halides is 6. The molecule has 73 heavy (non-hydrogen) atoms. The summed E-state index contributed by atoms with van der Waals surface area (Å²) in [6.45, 7) is 11.4. The maximum atomic E-state index is 13.5. The summed E-state index contributed by atoms with van der Waals surface area (Å²) >= 11 is 9.76. The zero-order valence-corrected chi connectivity index (χ0v) is 42.2. The van der Waals surface area contributed by atoms with Crippen LogP contribution < -0.4 is 4.74 Å². The first-order valence-electron chi connectivity index (χ1n) is 21.6. The third-order valence-corrected chi connectivity index (χ3v) is 13.0. The van der Waals surface area contributed by atoms with Crippen LogP contribution in [0.15, 0.2) is 164 Å². The zero-order chi connectivity index (χ0) is 50.3. The fourth-order valence-corrected chi connectivity index (χ4v) is 9.52. The van der Waals surface area contributed by atoms with Gasteiger partial charge in [-0.25, -0.2) is 21.5 Å². The number of halogens is 6. The molecule has 0 fully saturated rings. The van der Waals surface area contributed by atoms with Gasteiger partial charge >= 0.3 is 32.5 Å². The molecule has 0 spiro atoms. The summed E-state index contributed by atoms with van der Waals surface area (Å²) in [5.41, 5.74) is -1.87. The minimum Gasteiger partial charge on any atom is -0.437 e. The fourth-order valence-electron chi connectivity index (χ4n) is 8.19. The van der Waals surface area contributed by atoms with E-state index >= 15 is 0 Å². The Hall–Kier alpha value is -7.27. The van der Waals surface area contributed by atoms with E-state index in [1.807, 2.05) is 78.9 Å². The van der Waals surface area contributed by atoms with Crippen LogP contribution in [0.25, 0.3) is 95.1 Å². The van der Waals surface area contributed by atoms with Crippen LogP contribution in [0, 0.1) is 19.2 Å². The summed E-state index contributed by atoms with van der Waals surface area (Å²) in [6, 6.07) is 48.2. The maximum absolute atomic E-state index is 13.5. The van der Waals surface area contributed by atoms with Crippen molar-refractivity contribution < 1.29 is 51.2 Å². The van der Waals surface area contributed by atoms with Gasteiger partial charge in [-0.05, 0) is 106 Å². The molecule has 0 unspecified atom stereocenters. The van der Waals surface area contributed by atoms with Gasteiger partial charge in [0.25, 0.3) is 0 Å². The molecular weight excluding hydrogens is 1180 g/mol. The number of rotatable bonds is 5. The Morgan fingerprint density at radius 2 is 0.945 bits per heavy atom. The van der Waals surface area contributed by atoms with Crippen LogP contribution in [-0.4, -0.2) is 30.6 Å². The smallest absolute Gasteiger partial charge is 0.437 e. The summed E-state index contributed by atoms with van der Waals surface area (Å²) < 4.78 is 86.7. The molecule has 0 radical (unpaired) electrons. The molecule has 12 aromatic rings. The predicted molar refractivity (Wildman–Crippen MR) is 281 cm³/mol. The van der Waals surface area contributed by atoms with E-state index in [4.69, 9.17) is 17.9 Å². The van der Waals surface area contributed by atoms with E-state index in [9.17, 15) is 26.3 Å². The minimum absolute atomic E-state index is 0. The van der Waals surface area contributed by atoms with E-state index in [1.54, 1.807) is 18.5 Å². The van der Waals surface area contributed by atoms with Gasteiger partial charge in [0.1, 0.15) is 5.75 Å². The van der Waals surface area contributed by atoms with Gasteiger partial charge in [-0.15, -0.1) is 38.5 Å². The molecule has 4 heterocycles. The van der Waals surface area contributed by atoms with Gasteiger partial charge in [-0.1, -0.05) is 114 Å². The number of hydrogen-bond acceptors (Lipinski definition) is 10. The molecule has 0 N–H and O–H groups in total. The average molecular weight is 1210 g/mol. The number of thiophene rings is 1. The molecule has 0 bridgehead atoms. The van der Waals surface area contributed by atoms with Crippen molar-refractivity contribution in [3.8, 4) is 22.2 Å². The Morgan fingerprint density at radius 1 is 0.493 bits per heavy atom. The Kier molecular flexibility index (Phi) is 14.4. The maximum Gasteiger partial charge on any atom is 3.00 e. The zero-order valence-electron chi connectivity index (χ0n) is 37.2. The molecule has 0 aliphatic rings. The van der Waals surface area contributed by atoms with Crippen molar-refractivity contribution in [1.29, 1.82) is 0 Å². The average Bonchev–Trinajstić information content (AvgIpc) is 3.80. The summed E-state index contributed by atoms with van der Waals surface area (Å²) in [6.07, 6.45) is -6.95. The van der Waals surface area contributed by atoms with Crippen molar-refractivity contribution in [3.63, 3.8) is 0 Å². The predicted octanol–water partition coefficient (Wildman–Crippen LogP) is 16.3. The van der Waals surface area contributed by atoms with Crippen LogP contribution in [0.5, 0.6) is 11.6 Å². The van der Waals surface area contributed by atoms with Crippen LogP contribution >= 0.6 is 36.6 Å². The molecule has 0 aliphatic carbocycles. The van der Waals surface area contributed by atoms with Gasteiger partial charge in [0.2, 0.25) is 5.88 Å². The number of hydrogen-bond donors (Lipinski definition) is 2. The van der Waals surface area contributed by atoms with E-state index in [2.05, 4.69) is 110 Å². The quantitative estimate of drug-likeness (QED) is 0.0768. The van der Waals surface area contributed by atoms with Crippen LogP contribution in [0.3, 0.4) is 0 Å². The Morgan fingerprint density at radius 3 is 1.42 bits per heavy atom. The third kappa shape index (κ3) is 10.6. The van der Waals surface area contributed by atoms with Crippen LogP contribution in [-0.2, 0) is 32.5 Å². The molecule has 7 nitrogen and oxygen atoms in total. The second-order valence-electron chi connectivity index (χ2n) is 16.2. The van der Waals surface area contributed by atoms with Crippen LogP contribution in [0.1, 0.15) is 22.5 Å². The second kappa shape index (κ2) is 20.7. The van der Waals surface area contributed by atoms with E-state index < -0.39 is 29.2 Å². The van der Waals surface area contributed by atoms with Gasteiger partial charge in [-0.2, -0.15) is 66.9 Å². The van der Waals surface area contributed by atoms with Crippen molar-refractivity contribution in [2.75, 3.05) is 0 Å².